The smallest absolute Gasteiger partial charge is 0.332 e. The lowest BCUT2D eigenvalue weighted by atomic mass is 9.91. The van der Waals surface area contributed by atoms with E-state index in [4.69, 9.17) is 18.9 Å². The molecular formula is C26H30N2O9. The van der Waals surface area contributed by atoms with Crippen molar-refractivity contribution in [1.29, 1.82) is 0 Å². The third kappa shape index (κ3) is 6.75. The maximum atomic E-state index is 13.2. The minimum absolute atomic E-state index is 0.0100. The van der Waals surface area contributed by atoms with Crippen LogP contribution in [0.3, 0.4) is 0 Å². The Kier molecular flexibility index (Phi) is 9.05. The van der Waals surface area contributed by atoms with Crippen LogP contribution in [0, 0.1) is 11.8 Å². The Hall–Kier alpha value is -4.15. The van der Waals surface area contributed by atoms with Gasteiger partial charge < -0.3 is 29.4 Å². The van der Waals surface area contributed by atoms with Crippen LogP contribution in [0.15, 0.2) is 42.6 Å². The Morgan fingerprint density at radius 2 is 1.86 bits per heavy atom. The molecule has 0 spiro atoms. The molecule has 1 unspecified atom stereocenters. The molecule has 1 aliphatic rings. The number of nitrogens with one attached hydrogen (secondary N) is 1. The molecule has 11 nitrogen and oxygen atoms in total. The number of hydrogen-bond donors (Lipinski definition) is 2. The largest absolute Gasteiger partial charge is 0.503 e. The molecule has 4 atom stereocenters. The lowest BCUT2D eigenvalue weighted by molar-refractivity contribution is -0.176. The Bertz CT molecular complexity index is 1140. The van der Waals surface area contributed by atoms with E-state index in [9.17, 15) is 24.3 Å². The first-order valence-electron chi connectivity index (χ1n) is 11.8. The first-order valence-corrected chi connectivity index (χ1v) is 11.8. The number of rotatable bonds is 7. The Morgan fingerprint density at radius 3 is 2.51 bits per heavy atom. The van der Waals surface area contributed by atoms with Gasteiger partial charge in [0.2, 0.25) is 0 Å². The lowest BCUT2D eigenvalue weighted by Crippen LogP contribution is -2.47. The van der Waals surface area contributed by atoms with Crippen LogP contribution in [0.4, 0.5) is 0 Å². The highest BCUT2D eigenvalue weighted by atomic mass is 16.6. The van der Waals surface area contributed by atoms with Crippen molar-refractivity contribution in [2.75, 3.05) is 13.7 Å². The molecule has 198 valence electrons. The van der Waals surface area contributed by atoms with Gasteiger partial charge in [-0.2, -0.15) is 0 Å². The van der Waals surface area contributed by atoms with Crippen LogP contribution in [0.1, 0.15) is 36.8 Å². The predicted molar refractivity (Wildman–Crippen MR) is 129 cm³/mol. The van der Waals surface area contributed by atoms with Gasteiger partial charge in [-0.3, -0.25) is 14.4 Å². The maximum Gasteiger partial charge on any atom is 0.332 e. The monoisotopic (exact) mass is 514 g/mol. The number of pyridine rings is 1. The molecule has 11 heteroatoms. The Morgan fingerprint density at radius 1 is 1.16 bits per heavy atom. The van der Waals surface area contributed by atoms with Gasteiger partial charge in [0, 0.05) is 12.3 Å². The van der Waals surface area contributed by atoms with Crippen molar-refractivity contribution in [2.24, 2.45) is 11.8 Å². The molecule has 3 rings (SSSR count). The second kappa shape index (κ2) is 12.2. The molecule has 1 saturated heterocycles. The second-order valence-electron chi connectivity index (χ2n) is 8.86. The van der Waals surface area contributed by atoms with Crippen molar-refractivity contribution in [3.8, 4) is 11.5 Å². The molecule has 1 aliphatic heterocycles. The normalized spacial score (nSPS) is 22.1. The summed E-state index contributed by atoms with van der Waals surface area (Å²) in [5, 5.41) is 12.6. The Labute approximate surface area is 214 Å². The van der Waals surface area contributed by atoms with E-state index in [1.54, 1.807) is 13.8 Å². The first-order chi connectivity index (χ1) is 17.6. The quantitative estimate of drug-likeness (QED) is 0.414. The van der Waals surface area contributed by atoms with Crippen LogP contribution in [0.25, 0.3) is 0 Å². The SMILES string of the molecule is COc1ccnc(C(=O)NC2COC(=O)[C@H](Cc3ccccc3)[C@@H](OC(=O)C(C)C)[C@H](C)OC2=O)c1O. The average Bonchev–Trinajstić information content (AvgIpc) is 2.91. The van der Waals surface area contributed by atoms with Gasteiger partial charge in [0.25, 0.3) is 5.91 Å². The van der Waals surface area contributed by atoms with Crippen molar-refractivity contribution in [3.05, 3.63) is 53.9 Å². The summed E-state index contributed by atoms with van der Waals surface area (Å²) >= 11 is 0. The van der Waals surface area contributed by atoms with E-state index in [-0.39, 0.29) is 12.2 Å². The molecular weight excluding hydrogens is 484 g/mol. The summed E-state index contributed by atoms with van der Waals surface area (Å²) in [5.41, 5.74) is 0.398. The van der Waals surface area contributed by atoms with Gasteiger partial charge in [0.05, 0.1) is 13.0 Å². The zero-order valence-electron chi connectivity index (χ0n) is 21.0. The van der Waals surface area contributed by atoms with E-state index in [1.165, 1.54) is 26.3 Å². The second-order valence-corrected chi connectivity index (χ2v) is 8.86. The number of carbonyl (C=O) groups is 4. The highest BCUT2D eigenvalue weighted by Gasteiger charge is 2.42. The van der Waals surface area contributed by atoms with Crippen molar-refractivity contribution in [3.63, 3.8) is 0 Å². The molecule has 1 aromatic carbocycles. The summed E-state index contributed by atoms with van der Waals surface area (Å²) in [5.74, 6) is -5.10. The molecule has 37 heavy (non-hydrogen) atoms. The predicted octanol–water partition coefficient (Wildman–Crippen LogP) is 1.81. The fraction of sp³-hybridized carbons (Fsp3) is 0.423. The van der Waals surface area contributed by atoms with Crippen molar-refractivity contribution in [1.82, 2.24) is 10.3 Å². The van der Waals surface area contributed by atoms with E-state index >= 15 is 0 Å². The minimum atomic E-state index is -1.41. The van der Waals surface area contributed by atoms with Gasteiger partial charge in [-0.1, -0.05) is 44.2 Å². The van der Waals surface area contributed by atoms with Crippen LogP contribution < -0.4 is 10.1 Å². The number of amides is 1. The van der Waals surface area contributed by atoms with Crippen LogP contribution in [-0.4, -0.2) is 65.9 Å². The summed E-state index contributed by atoms with van der Waals surface area (Å²) in [6, 6.07) is 9.01. The molecule has 0 bridgehead atoms. The van der Waals surface area contributed by atoms with Crippen molar-refractivity contribution < 1.29 is 43.2 Å². The zero-order valence-corrected chi connectivity index (χ0v) is 21.0. The summed E-state index contributed by atoms with van der Waals surface area (Å²) in [6.45, 7) is 4.25. The fourth-order valence-electron chi connectivity index (χ4n) is 3.74. The van der Waals surface area contributed by atoms with E-state index in [0.29, 0.717) is 0 Å². The third-order valence-corrected chi connectivity index (χ3v) is 5.79. The molecule has 1 aromatic heterocycles. The number of hydrogen-bond acceptors (Lipinski definition) is 10. The number of nitrogens with zero attached hydrogens (tertiary/aromatic N) is 1. The number of aromatic nitrogens is 1. The number of methoxy groups -OCH3 is 1. The first kappa shape index (κ1) is 27.4. The van der Waals surface area contributed by atoms with Crippen LogP contribution in [0.5, 0.6) is 11.5 Å². The van der Waals surface area contributed by atoms with Gasteiger partial charge in [-0.05, 0) is 18.9 Å². The number of esters is 3. The minimum Gasteiger partial charge on any atom is -0.503 e. The maximum absolute atomic E-state index is 13.2. The summed E-state index contributed by atoms with van der Waals surface area (Å²) in [6.07, 6.45) is -0.766. The summed E-state index contributed by atoms with van der Waals surface area (Å²) in [4.78, 5) is 55.3. The fourth-order valence-corrected chi connectivity index (χ4v) is 3.74. The highest BCUT2D eigenvalue weighted by molar-refractivity contribution is 5.98. The molecule has 1 fully saturated rings. The summed E-state index contributed by atoms with van der Waals surface area (Å²) < 4.78 is 21.5. The number of benzene rings is 1. The van der Waals surface area contributed by atoms with Gasteiger partial charge in [-0.25, -0.2) is 9.78 Å². The van der Waals surface area contributed by atoms with Gasteiger partial charge >= 0.3 is 17.9 Å². The van der Waals surface area contributed by atoms with Gasteiger partial charge in [-0.15, -0.1) is 0 Å². The topological polar surface area (TPSA) is 150 Å². The third-order valence-electron chi connectivity index (χ3n) is 5.79. The van der Waals surface area contributed by atoms with Gasteiger partial charge in [0.15, 0.2) is 29.3 Å². The Balaban J connectivity index is 1.87. The van der Waals surface area contributed by atoms with Gasteiger partial charge in [0.1, 0.15) is 18.6 Å². The summed E-state index contributed by atoms with van der Waals surface area (Å²) in [7, 11) is 1.31. The van der Waals surface area contributed by atoms with Crippen LogP contribution in [-0.2, 0) is 35.0 Å². The molecule has 2 N–H and O–H groups in total. The highest BCUT2D eigenvalue weighted by Crippen LogP contribution is 2.28. The zero-order chi connectivity index (χ0) is 27.1. The molecule has 0 radical (unpaired) electrons. The van der Waals surface area contributed by atoms with E-state index in [0.717, 1.165) is 5.56 Å². The molecule has 2 heterocycles. The van der Waals surface area contributed by atoms with E-state index < -0.39 is 72.0 Å². The standard InChI is InChI=1S/C26H30N2O9/c1-14(2)24(31)37-22-15(3)36-26(33)18(28-23(30)20-21(29)19(34-4)10-11-27-20)13-35-25(32)17(22)12-16-8-6-5-7-9-16/h5-11,14-15,17-18,22,29H,12-13H2,1-4H3,(H,28,30)/t15-,17+,18?,22-/m0/s1. The van der Waals surface area contributed by atoms with Crippen molar-refractivity contribution >= 4 is 23.8 Å². The van der Waals surface area contributed by atoms with Crippen LogP contribution >= 0.6 is 0 Å². The number of carbonyl (C=O) groups excluding carboxylic acids is 4. The molecule has 0 saturated carbocycles. The van der Waals surface area contributed by atoms with E-state index in [2.05, 4.69) is 10.3 Å². The molecule has 1 amide bonds. The van der Waals surface area contributed by atoms with Crippen molar-refractivity contribution in [2.45, 2.75) is 45.4 Å². The number of aromatic hydroxyl groups is 1. The molecule has 2 aromatic rings. The van der Waals surface area contributed by atoms with E-state index in [1.807, 2.05) is 30.3 Å². The number of cyclic esters (lactones) is 2. The molecule has 0 aliphatic carbocycles. The van der Waals surface area contributed by atoms with Crippen LogP contribution in [0.2, 0.25) is 0 Å². The average molecular weight is 515 g/mol. The lowest BCUT2D eigenvalue weighted by Gasteiger charge is -2.29. The number of ether oxygens (including phenoxy) is 4.